The molecule has 2 unspecified atom stereocenters. The standard InChI is InChI=1S/C13H20N2O5S/c1-3-14(6-10(16)20-2)13(19)15-9(12(17)18)7-21-11(15)8-4-5-8/h8-9,11H,3-7H2,1-2H3,(H,17,18). The van der Waals surface area contributed by atoms with E-state index in [1.54, 1.807) is 6.92 Å². The first kappa shape index (κ1) is 15.9. The van der Waals surface area contributed by atoms with Crippen LogP contribution in [0, 0.1) is 5.92 Å². The van der Waals surface area contributed by atoms with E-state index in [0.717, 1.165) is 12.8 Å². The van der Waals surface area contributed by atoms with Gasteiger partial charge >= 0.3 is 18.0 Å². The third-order valence-corrected chi connectivity index (χ3v) is 5.23. The van der Waals surface area contributed by atoms with Gasteiger partial charge in [-0.15, -0.1) is 11.8 Å². The van der Waals surface area contributed by atoms with Crippen molar-refractivity contribution in [3.63, 3.8) is 0 Å². The number of likely N-dealkylation sites (N-methyl/N-ethyl adjacent to an activating group) is 1. The minimum absolute atomic E-state index is 0.0923. The van der Waals surface area contributed by atoms with Crippen molar-refractivity contribution in [1.29, 1.82) is 0 Å². The summed E-state index contributed by atoms with van der Waals surface area (Å²) in [5.74, 6) is -0.724. The van der Waals surface area contributed by atoms with E-state index in [1.807, 2.05) is 0 Å². The summed E-state index contributed by atoms with van der Waals surface area (Å²) in [4.78, 5) is 38.2. The Balaban J connectivity index is 2.14. The van der Waals surface area contributed by atoms with E-state index in [2.05, 4.69) is 4.74 Å². The molecule has 1 saturated heterocycles. The number of carbonyl (C=O) groups excluding carboxylic acids is 2. The van der Waals surface area contributed by atoms with Gasteiger partial charge in [-0.2, -0.15) is 0 Å². The molecule has 0 spiro atoms. The van der Waals surface area contributed by atoms with E-state index < -0.39 is 24.0 Å². The van der Waals surface area contributed by atoms with Crippen LogP contribution >= 0.6 is 11.8 Å². The summed E-state index contributed by atoms with van der Waals surface area (Å²) < 4.78 is 4.58. The molecular weight excluding hydrogens is 296 g/mol. The Morgan fingerprint density at radius 1 is 1.38 bits per heavy atom. The van der Waals surface area contributed by atoms with Crippen LogP contribution in [-0.2, 0) is 14.3 Å². The molecule has 1 saturated carbocycles. The molecule has 118 valence electrons. The third-order valence-electron chi connectivity index (χ3n) is 3.77. The molecule has 1 aliphatic heterocycles. The number of rotatable bonds is 5. The van der Waals surface area contributed by atoms with E-state index in [4.69, 9.17) is 0 Å². The van der Waals surface area contributed by atoms with Crippen LogP contribution in [0.15, 0.2) is 0 Å². The monoisotopic (exact) mass is 316 g/mol. The van der Waals surface area contributed by atoms with E-state index in [9.17, 15) is 19.5 Å². The molecular formula is C13H20N2O5S. The van der Waals surface area contributed by atoms with Crippen molar-refractivity contribution in [2.75, 3.05) is 26.0 Å². The van der Waals surface area contributed by atoms with E-state index in [1.165, 1.54) is 28.7 Å². The van der Waals surface area contributed by atoms with Crippen molar-refractivity contribution >= 4 is 29.7 Å². The molecule has 0 aromatic rings. The number of esters is 1. The highest BCUT2D eigenvalue weighted by Gasteiger charge is 2.49. The van der Waals surface area contributed by atoms with Gasteiger partial charge in [0.2, 0.25) is 0 Å². The van der Waals surface area contributed by atoms with E-state index >= 15 is 0 Å². The van der Waals surface area contributed by atoms with Gasteiger partial charge in [0.1, 0.15) is 12.6 Å². The zero-order valence-electron chi connectivity index (χ0n) is 12.2. The van der Waals surface area contributed by atoms with Crippen LogP contribution in [-0.4, -0.2) is 70.2 Å². The second-order valence-electron chi connectivity index (χ2n) is 5.20. The SMILES string of the molecule is CCN(CC(=O)OC)C(=O)N1C(C(=O)O)CSC1C1CC1. The summed E-state index contributed by atoms with van der Waals surface area (Å²) in [6, 6.07) is -1.21. The maximum Gasteiger partial charge on any atom is 0.327 e. The molecule has 7 nitrogen and oxygen atoms in total. The lowest BCUT2D eigenvalue weighted by Gasteiger charge is -2.32. The van der Waals surface area contributed by atoms with Gasteiger partial charge in [0.05, 0.1) is 12.5 Å². The molecule has 1 N–H and O–H groups in total. The number of hydrogen-bond donors (Lipinski definition) is 1. The number of hydrogen-bond acceptors (Lipinski definition) is 5. The normalized spacial score (nSPS) is 24.8. The lowest BCUT2D eigenvalue weighted by molar-refractivity contribution is -0.141. The van der Waals surface area contributed by atoms with Gasteiger partial charge in [0.25, 0.3) is 0 Å². The molecule has 2 rings (SSSR count). The molecule has 0 aromatic carbocycles. The second-order valence-corrected chi connectivity index (χ2v) is 6.35. The molecule has 0 bridgehead atoms. The Kier molecular flexibility index (Phi) is 4.97. The zero-order valence-corrected chi connectivity index (χ0v) is 13.0. The van der Waals surface area contributed by atoms with Crippen LogP contribution in [0.4, 0.5) is 4.79 Å². The van der Waals surface area contributed by atoms with Gasteiger partial charge in [-0.3, -0.25) is 9.69 Å². The fourth-order valence-corrected chi connectivity index (χ4v) is 4.03. The van der Waals surface area contributed by atoms with Crippen molar-refractivity contribution in [3.05, 3.63) is 0 Å². The molecule has 0 aromatic heterocycles. The van der Waals surface area contributed by atoms with E-state index in [-0.39, 0.29) is 11.9 Å². The smallest absolute Gasteiger partial charge is 0.327 e. The molecule has 2 atom stereocenters. The lowest BCUT2D eigenvalue weighted by atomic mass is 10.2. The summed E-state index contributed by atoms with van der Waals surface area (Å²) >= 11 is 1.52. The quantitative estimate of drug-likeness (QED) is 0.756. The number of carbonyl (C=O) groups is 3. The van der Waals surface area contributed by atoms with Crippen molar-refractivity contribution in [1.82, 2.24) is 9.80 Å². The second kappa shape index (κ2) is 6.55. The van der Waals surface area contributed by atoms with Gasteiger partial charge in [-0.1, -0.05) is 0 Å². The van der Waals surface area contributed by atoms with Gasteiger partial charge in [0.15, 0.2) is 0 Å². The predicted molar refractivity (Wildman–Crippen MR) is 76.9 cm³/mol. The molecule has 2 amide bonds. The maximum absolute atomic E-state index is 12.7. The summed E-state index contributed by atoms with van der Waals surface area (Å²) in [7, 11) is 1.26. The number of methoxy groups -OCH3 is 1. The van der Waals surface area contributed by atoms with Crippen molar-refractivity contribution in [2.24, 2.45) is 5.92 Å². The molecule has 1 heterocycles. The number of thioether (sulfide) groups is 1. The van der Waals surface area contributed by atoms with Crippen molar-refractivity contribution in [2.45, 2.75) is 31.2 Å². The molecule has 2 aliphatic rings. The highest BCUT2D eigenvalue weighted by molar-refractivity contribution is 8.00. The minimum atomic E-state index is -0.992. The Hall–Kier alpha value is -1.44. The Labute approximate surface area is 127 Å². The molecule has 2 fully saturated rings. The fourth-order valence-electron chi connectivity index (χ4n) is 2.40. The first-order chi connectivity index (χ1) is 9.99. The number of carboxylic acid groups (broad SMARTS) is 1. The first-order valence-corrected chi connectivity index (χ1v) is 8.02. The average molecular weight is 316 g/mol. The van der Waals surface area contributed by atoms with E-state index in [0.29, 0.717) is 18.2 Å². The first-order valence-electron chi connectivity index (χ1n) is 6.98. The number of amides is 2. The molecule has 1 aliphatic carbocycles. The number of nitrogens with zero attached hydrogens (tertiary/aromatic N) is 2. The number of ether oxygens (including phenoxy) is 1. The van der Waals surface area contributed by atoms with Crippen LogP contribution in [0.2, 0.25) is 0 Å². The van der Waals surface area contributed by atoms with Crippen LogP contribution in [0.25, 0.3) is 0 Å². The predicted octanol–water partition coefficient (Wildman–Crippen LogP) is 0.839. The highest BCUT2D eigenvalue weighted by Crippen LogP contribution is 2.45. The summed E-state index contributed by atoms with van der Waals surface area (Å²) in [6.07, 6.45) is 2.05. The van der Waals surface area contributed by atoms with Crippen LogP contribution < -0.4 is 0 Å². The molecule has 8 heteroatoms. The van der Waals surface area contributed by atoms with Gasteiger partial charge in [0, 0.05) is 12.3 Å². The Morgan fingerprint density at radius 2 is 2.05 bits per heavy atom. The largest absolute Gasteiger partial charge is 0.480 e. The Morgan fingerprint density at radius 3 is 2.52 bits per heavy atom. The Bertz CT molecular complexity index is 440. The van der Waals surface area contributed by atoms with Gasteiger partial charge in [-0.05, 0) is 25.7 Å². The number of carboxylic acids is 1. The van der Waals surface area contributed by atoms with Gasteiger partial charge < -0.3 is 14.7 Å². The number of urea groups is 1. The van der Waals surface area contributed by atoms with Crippen molar-refractivity contribution < 1.29 is 24.2 Å². The van der Waals surface area contributed by atoms with Gasteiger partial charge in [-0.25, -0.2) is 9.59 Å². The van der Waals surface area contributed by atoms with Crippen molar-refractivity contribution in [3.8, 4) is 0 Å². The topological polar surface area (TPSA) is 87.2 Å². The van der Waals surface area contributed by atoms with Crippen LogP contribution in [0.3, 0.4) is 0 Å². The zero-order chi connectivity index (χ0) is 15.6. The lowest BCUT2D eigenvalue weighted by Crippen LogP contribution is -2.53. The maximum atomic E-state index is 12.7. The average Bonchev–Trinajstić information content (AvgIpc) is 3.21. The summed E-state index contributed by atoms with van der Waals surface area (Å²) in [5.41, 5.74) is 0. The number of aliphatic carboxylic acids is 1. The van der Waals surface area contributed by atoms with Crippen LogP contribution in [0.5, 0.6) is 0 Å². The summed E-state index contributed by atoms with van der Waals surface area (Å²) in [5, 5.41) is 9.23. The molecule has 21 heavy (non-hydrogen) atoms. The minimum Gasteiger partial charge on any atom is -0.480 e. The molecule has 0 radical (unpaired) electrons. The summed E-state index contributed by atoms with van der Waals surface area (Å²) in [6.45, 7) is 1.93. The van der Waals surface area contributed by atoms with Crippen LogP contribution in [0.1, 0.15) is 19.8 Å². The highest BCUT2D eigenvalue weighted by atomic mass is 32.2. The third kappa shape index (κ3) is 3.42. The fraction of sp³-hybridized carbons (Fsp3) is 0.769.